The molecule has 2 aromatic heterocycles. The maximum Gasteiger partial charge on any atom is 0.257 e. The summed E-state index contributed by atoms with van der Waals surface area (Å²) < 4.78 is 5.89. The van der Waals surface area contributed by atoms with Crippen molar-refractivity contribution in [3.8, 4) is 11.4 Å². The number of aromatic nitrogens is 2. The van der Waals surface area contributed by atoms with E-state index in [4.69, 9.17) is 4.42 Å². The molecule has 0 saturated heterocycles. The summed E-state index contributed by atoms with van der Waals surface area (Å²) in [5.41, 5.74) is 1.40. The standard InChI is InChI=1S/C21H21N3O2/c1-14-10-18(14)19-9-8-17(26-19)13-24(2)21(25)16-11-22-20(23-12-16)15-6-4-3-5-7-15/h3-9,11-12,14,18H,10,13H2,1-2H3/t14-,18-/m1/s1. The maximum absolute atomic E-state index is 12.6. The number of hydrogen-bond donors (Lipinski definition) is 0. The molecule has 26 heavy (non-hydrogen) atoms. The van der Waals surface area contributed by atoms with Crippen molar-refractivity contribution >= 4 is 5.91 Å². The van der Waals surface area contributed by atoms with E-state index < -0.39 is 0 Å². The minimum atomic E-state index is -0.123. The molecule has 5 nitrogen and oxygen atoms in total. The van der Waals surface area contributed by atoms with E-state index in [1.165, 1.54) is 6.42 Å². The van der Waals surface area contributed by atoms with Gasteiger partial charge in [0.1, 0.15) is 11.5 Å². The van der Waals surface area contributed by atoms with E-state index in [9.17, 15) is 4.79 Å². The van der Waals surface area contributed by atoms with Gasteiger partial charge in [-0.3, -0.25) is 4.79 Å². The highest BCUT2D eigenvalue weighted by Gasteiger charge is 2.36. The summed E-state index contributed by atoms with van der Waals surface area (Å²) in [5, 5.41) is 0. The summed E-state index contributed by atoms with van der Waals surface area (Å²) in [4.78, 5) is 22.9. The molecule has 1 fully saturated rings. The fourth-order valence-electron chi connectivity index (χ4n) is 3.10. The Kier molecular flexibility index (Phi) is 4.29. The monoisotopic (exact) mass is 347 g/mol. The summed E-state index contributed by atoms with van der Waals surface area (Å²) in [5.74, 6) is 3.57. The van der Waals surface area contributed by atoms with E-state index in [1.807, 2.05) is 42.5 Å². The van der Waals surface area contributed by atoms with Gasteiger partial charge in [-0.05, 0) is 24.5 Å². The molecule has 0 N–H and O–H groups in total. The van der Waals surface area contributed by atoms with Crippen LogP contribution in [0.5, 0.6) is 0 Å². The van der Waals surface area contributed by atoms with Crippen LogP contribution in [0.1, 0.15) is 41.1 Å². The average molecular weight is 347 g/mol. The van der Waals surface area contributed by atoms with Gasteiger partial charge in [0.05, 0.1) is 12.1 Å². The van der Waals surface area contributed by atoms with Crippen molar-refractivity contribution < 1.29 is 9.21 Å². The van der Waals surface area contributed by atoms with E-state index in [2.05, 4.69) is 16.9 Å². The molecule has 1 aliphatic rings. The third-order valence-corrected chi connectivity index (χ3v) is 4.83. The Labute approximate surface area is 152 Å². The van der Waals surface area contributed by atoms with Crippen molar-refractivity contribution in [1.29, 1.82) is 0 Å². The zero-order valence-electron chi connectivity index (χ0n) is 14.9. The molecule has 2 atom stereocenters. The molecule has 1 aliphatic carbocycles. The number of amides is 1. The Morgan fingerprint density at radius 3 is 2.50 bits per heavy atom. The van der Waals surface area contributed by atoms with Crippen molar-refractivity contribution in [3.05, 3.63) is 71.9 Å². The van der Waals surface area contributed by atoms with E-state index in [0.717, 1.165) is 17.1 Å². The topological polar surface area (TPSA) is 59.2 Å². The van der Waals surface area contributed by atoms with Gasteiger partial charge in [0.2, 0.25) is 0 Å². The van der Waals surface area contributed by atoms with Crippen LogP contribution in [0.4, 0.5) is 0 Å². The van der Waals surface area contributed by atoms with E-state index in [0.29, 0.717) is 29.8 Å². The van der Waals surface area contributed by atoms with Gasteiger partial charge in [0.25, 0.3) is 5.91 Å². The van der Waals surface area contributed by atoms with Gasteiger partial charge in [0.15, 0.2) is 5.82 Å². The maximum atomic E-state index is 12.6. The van der Waals surface area contributed by atoms with Crippen molar-refractivity contribution in [1.82, 2.24) is 14.9 Å². The van der Waals surface area contributed by atoms with E-state index >= 15 is 0 Å². The molecule has 1 aromatic carbocycles. The molecule has 1 saturated carbocycles. The van der Waals surface area contributed by atoms with Crippen molar-refractivity contribution in [2.24, 2.45) is 5.92 Å². The molecule has 0 unspecified atom stereocenters. The zero-order valence-corrected chi connectivity index (χ0v) is 14.9. The highest BCUT2D eigenvalue weighted by atomic mass is 16.3. The van der Waals surface area contributed by atoms with Crippen molar-refractivity contribution in [3.63, 3.8) is 0 Å². The first-order valence-electron chi connectivity index (χ1n) is 8.83. The first kappa shape index (κ1) is 16.5. The van der Waals surface area contributed by atoms with Crippen molar-refractivity contribution in [2.45, 2.75) is 25.8 Å². The Morgan fingerprint density at radius 1 is 1.15 bits per heavy atom. The summed E-state index contributed by atoms with van der Waals surface area (Å²) in [7, 11) is 1.76. The number of benzene rings is 1. The molecule has 0 radical (unpaired) electrons. The van der Waals surface area contributed by atoms with Crippen LogP contribution in [-0.4, -0.2) is 27.8 Å². The second kappa shape index (κ2) is 6.75. The number of hydrogen-bond acceptors (Lipinski definition) is 4. The molecule has 132 valence electrons. The van der Waals surface area contributed by atoms with E-state index in [1.54, 1.807) is 24.3 Å². The second-order valence-corrected chi connectivity index (χ2v) is 6.95. The lowest BCUT2D eigenvalue weighted by Crippen LogP contribution is -2.26. The number of rotatable bonds is 5. The van der Waals surface area contributed by atoms with Crippen LogP contribution in [0, 0.1) is 5.92 Å². The molecule has 0 aliphatic heterocycles. The summed E-state index contributed by atoms with van der Waals surface area (Å²) in [6.07, 6.45) is 4.34. The van der Waals surface area contributed by atoms with Crippen LogP contribution in [-0.2, 0) is 6.54 Å². The number of carbonyl (C=O) groups is 1. The van der Waals surface area contributed by atoms with Gasteiger partial charge in [-0.15, -0.1) is 0 Å². The summed E-state index contributed by atoms with van der Waals surface area (Å²) in [6.45, 7) is 2.65. The first-order chi connectivity index (χ1) is 12.6. The van der Waals surface area contributed by atoms with Crippen LogP contribution in [0.3, 0.4) is 0 Å². The van der Waals surface area contributed by atoms with Crippen LogP contribution in [0.2, 0.25) is 0 Å². The van der Waals surface area contributed by atoms with Gasteiger partial charge in [-0.25, -0.2) is 9.97 Å². The zero-order chi connectivity index (χ0) is 18.1. The van der Waals surface area contributed by atoms with Crippen molar-refractivity contribution in [2.75, 3.05) is 7.05 Å². The molecule has 0 bridgehead atoms. The van der Waals surface area contributed by atoms with Crippen LogP contribution < -0.4 is 0 Å². The quantitative estimate of drug-likeness (QED) is 0.696. The molecule has 5 heteroatoms. The Bertz CT molecular complexity index is 903. The third kappa shape index (κ3) is 3.38. The predicted molar refractivity (Wildman–Crippen MR) is 98.5 cm³/mol. The lowest BCUT2D eigenvalue weighted by molar-refractivity contribution is 0.0774. The lowest BCUT2D eigenvalue weighted by Gasteiger charge is -2.15. The second-order valence-electron chi connectivity index (χ2n) is 6.95. The normalized spacial score (nSPS) is 18.5. The molecule has 3 aromatic rings. The van der Waals surface area contributed by atoms with Crippen LogP contribution in [0.15, 0.2) is 59.3 Å². The largest absolute Gasteiger partial charge is 0.464 e. The number of nitrogens with zero attached hydrogens (tertiary/aromatic N) is 3. The Hall–Kier alpha value is -2.95. The summed E-state index contributed by atoms with van der Waals surface area (Å²) >= 11 is 0. The summed E-state index contributed by atoms with van der Waals surface area (Å²) in [6, 6.07) is 13.7. The minimum Gasteiger partial charge on any atom is -0.464 e. The smallest absolute Gasteiger partial charge is 0.257 e. The van der Waals surface area contributed by atoms with Gasteiger partial charge in [-0.1, -0.05) is 37.3 Å². The molecule has 2 heterocycles. The van der Waals surface area contributed by atoms with Gasteiger partial charge < -0.3 is 9.32 Å². The first-order valence-corrected chi connectivity index (χ1v) is 8.83. The number of furan rings is 1. The lowest BCUT2D eigenvalue weighted by atomic mass is 10.2. The number of carbonyl (C=O) groups excluding carboxylic acids is 1. The van der Waals surface area contributed by atoms with Gasteiger partial charge in [0, 0.05) is 30.9 Å². The van der Waals surface area contributed by atoms with Gasteiger partial charge >= 0.3 is 0 Å². The Morgan fingerprint density at radius 2 is 1.85 bits per heavy atom. The van der Waals surface area contributed by atoms with Gasteiger partial charge in [-0.2, -0.15) is 0 Å². The third-order valence-electron chi connectivity index (χ3n) is 4.83. The molecular weight excluding hydrogens is 326 g/mol. The fraction of sp³-hybridized carbons (Fsp3) is 0.286. The molecular formula is C21H21N3O2. The van der Waals surface area contributed by atoms with Crippen LogP contribution >= 0.6 is 0 Å². The molecule has 1 amide bonds. The highest BCUT2D eigenvalue weighted by molar-refractivity contribution is 5.93. The minimum absolute atomic E-state index is 0.123. The van der Waals surface area contributed by atoms with Crippen LogP contribution in [0.25, 0.3) is 11.4 Å². The van der Waals surface area contributed by atoms with E-state index in [-0.39, 0.29) is 5.91 Å². The highest BCUT2D eigenvalue weighted by Crippen LogP contribution is 2.47. The molecule has 0 spiro atoms. The fourth-order valence-corrected chi connectivity index (χ4v) is 3.10. The molecule has 4 rings (SSSR count). The Balaban J connectivity index is 1.42. The SMILES string of the molecule is C[C@@H]1C[C@H]1c1ccc(CN(C)C(=O)c2cnc(-c3ccccc3)nc2)o1. The average Bonchev–Trinajstić information content (AvgIpc) is 3.23. The predicted octanol–water partition coefficient (Wildman–Crippen LogP) is 4.13.